The first-order valence-corrected chi connectivity index (χ1v) is 9.12. The number of hydrogen-bond donors (Lipinski definition) is 0. The zero-order chi connectivity index (χ0) is 18.8. The third kappa shape index (κ3) is 1.89. The quantitative estimate of drug-likeness (QED) is 0.664. The molecule has 4 nitrogen and oxygen atoms in total. The molecular weight excluding hydrogens is 348 g/mol. The van der Waals surface area contributed by atoms with E-state index >= 15 is 0 Å². The van der Waals surface area contributed by atoms with Gasteiger partial charge in [0, 0.05) is 23.5 Å². The number of carbonyl (C=O) groups excluding carboxylic acids is 2. The number of rotatable bonds is 0. The van der Waals surface area contributed by atoms with Gasteiger partial charge in [0.25, 0.3) is 11.8 Å². The second kappa shape index (κ2) is 5.30. The summed E-state index contributed by atoms with van der Waals surface area (Å²) >= 11 is 0. The number of hydrogen-bond acceptors (Lipinski definition) is 2. The van der Waals surface area contributed by atoms with Gasteiger partial charge in [0.15, 0.2) is 0 Å². The Balaban J connectivity index is 1.54. The third-order valence-electron chi connectivity index (χ3n) is 5.55. The van der Waals surface area contributed by atoms with Gasteiger partial charge in [0.05, 0.1) is 22.5 Å². The van der Waals surface area contributed by atoms with Crippen LogP contribution in [0, 0.1) is 0 Å². The maximum absolute atomic E-state index is 13.1. The van der Waals surface area contributed by atoms with Gasteiger partial charge in [-0.3, -0.25) is 19.4 Å². The molecule has 0 spiro atoms. The summed E-state index contributed by atoms with van der Waals surface area (Å²) in [5.41, 5.74) is 6.63. The van der Waals surface area contributed by atoms with Crippen LogP contribution in [0.15, 0.2) is 84.2 Å². The van der Waals surface area contributed by atoms with Crippen LogP contribution in [0.2, 0.25) is 0 Å². The van der Waals surface area contributed by atoms with Gasteiger partial charge in [-0.25, -0.2) is 0 Å². The van der Waals surface area contributed by atoms with E-state index in [2.05, 4.69) is 0 Å². The van der Waals surface area contributed by atoms with Gasteiger partial charge in [0.2, 0.25) is 0 Å². The lowest BCUT2D eigenvalue weighted by Crippen LogP contribution is -2.25. The van der Waals surface area contributed by atoms with Crippen molar-refractivity contribution in [3.05, 3.63) is 106 Å². The summed E-state index contributed by atoms with van der Waals surface area (Å²) in [7, 11) is 0. The van der Waals surface area contributed by atoms with Gasteiger partial charge in [0.1, 0.15) is 0 Å². The summed E-state index contributed by atoms with van der Waals surface area (Å²) in [6.45, 7) is 0. The average Bonchev–Trinajstić information content (AvgIpc) is 3.25. The molecule has 0 saturated carbocycles. The molecule has 4 aliphatic heterocycles. The van der Waals surface area contributed by atoms with Gasteiger partial charge in [-0.05, 0) is 35.4 Å². The molecule has 28 heavy (non-hydrogen) atoms. The van der Waals surface area contributed by atoms with Crippen molar-refractivity contribution in [3.8, 4) is 0 Å². The van der Waals surface area contributed by atoms with Gasteiger partial charge >= 0.3 is 0 Å². The summed E-state index contributed by atoms with van der Waals surface area (Å²) in [6.07, 6.45) is 11.1. The Morgan fingerprint density at radius 1 is 0.571 bits per heavy atom. The van der Waals surface area contributed by atoms with Crippen LogP contribution in [-0.4, -0.2) is 21.6 Å². The molecular formula is C24H14N2O2. The lowest BCUT2D eigenvalue weighted by atomic mass is 10.0. The molecule has 2 aromatic carbocycles. The number of benzene rings is 2. The molecule has 0 aliphatic carbocycles. The van der Waals surface area contributed by atoms with E-state index in [4.69, 9.17) is 0 Å². The molecule has 4 aliphatic rings. The molecule has 0 N–H and O–H groups in total. The fourth-order valence-electron chi connectivity index (χ4n) is 4.17. The summed E-state index contributed by atoms with van der Waals surface area (Å²) in [5, 5.41) is 0. The van der Waals surface area contributed by atoms with E-state index in [1.165, 1.54) is 0 Å². The van der Waals surface area contributed by atoms with Crippen molar-refractivity contribution < 1.29 is 9.59 Å². The predicted molar refractivity (Wildman–Crippen MR) is 108 cm³/mol. The van der Waals surface area contributed by atoms with Crippen molar-refractivity contribution in [1.82, 2.24) is 9.80 Å². The van der Waals surface area contributed by atoms with Crippen molar-refractivity contribution in [2.45, 2.75) is 0 Å². The van der Waals surface area contributed by atoms with Crippen molar-refractivity contribution in [1.29, 1.82) is 0 Å². The Morgan fingerprint density at radius 3 is 1.46 bits per heavy atom. The molecule has 0 radical (unpaired) electrons. The van der Waals surface area contributed by atoms with Crippen LogP contribution < -0.4 is 0 Å². The van der Waals surface area contributed by atoms with E-state index in [1.54, 1.807) is 22.2 Å². The van der Waals surface area contributed by atoms with E-state index in [0.29, 0.717) is 11.1 Å². The molecule has 4 heterocycles. The Hall–Kier alpha value is -3.92. The molecule has 132 valence electrons. The highest BCUT2D eigenvalue weighted by molar-refractivity contribution is 6.19. The van der Waals surface area contributed by atoms with Crippen molar-refractivity contribution in [3.63, 3.8) is 0 Å². The smallest absolute Gasteiger partial charge is 0.263 e. The standard InChI is InChI=1S/C24H14N2O2/c27-23-19(13-21-17-7-3-1-5-15(17)9-11-25(21)23)20-14-22-18-8-4-2-6-16(18)10-12-26(22)24(20)28/h1-14H. The van der Waals surface area contributed by atoms with E-state index in [1.807, 2.05) is 72.8 Å². The van der Waals surface area contributed by atoms with Crippen LogP contribution in [0.1, 0.15) is 22.3 Å². The first-order valence-electron chi connectivity index (χ1n) is 9.12. The van der Waals surface area contributed by atoms with Crippen LogP contribution in [-0.2, 0) is 9.59 Å². The molecule has 0 aromatic heterocycles. The van der Waals surface area contributed by atoms with Crippen LogP contribution in [0.25, 0.3) is 23.5 Å². The van der Waals surface area contributed by atoms with Crippen molar-refractivity contribution in [2.75, 3.05) is 0 Å². The molecule has 0 saturated heterocycles. The predicted octanol–water partition coefficient (Wildman–Crippen LogP) is 4.02. The molecule has 4 heteroatoms. The molecule has 0 fully saturated rings. The van der Waals surface area contributed by atoms with Gasteiger partial charge in [-0.2, -0.15) is 0 Å². The van der Waals surface area contributed by atoms with E-state index in [0.717, 1.165) is 33.6 Å². The van der Waals surface area contributed by atoms with Crippen molar-refractivity contribution >= 4 is 35.4 Å². The van der Waals surface area contributed by atoms with Crippen molar-refractivity contribution in [2.24, 2.45) is 0 Å². The zero-order valence-electron chi connectivity index (χ0n) is 14.8. The van der Waals surface area contributed by atoms with E-state index < -0.39 is 0 Å². The lowest BCUT2D eigenvalue weighted by molar-refractivity contribution is -0.123. The first-order chi connectivity index (χ1) is 13.7. The van der Waals surface area contributed by atoms with Gasteiger partial charge in [-0.1, -0.05) is 48.5 Å². The largest absolute Gasteiger partial charge is 0.283 e. The summed E-state index contributed by atoms with van der Waals surface area (Å²) < 4.78 is 0. The second-order valence-electron chi connectivity index (χ2n) is 7.04. The molecule has 0 unspecified atom stereocenters. The van der Waals surface area contributed by atoms with Crippen LogP contribution in [0.5, 0.6) is 0 Å². The minimum Gasteiger partial charge on any atom is -0.283 e. The second-order valence-corrected chi connectivity index (χ2v) is 7.04. The number of carbonyl (C=O) groups is 2. The molecule has 2 aromatic rings. The minimum atomic E-state index is -0.168. The fraction of sp³-hybridized carbons (Fsp3) is 0. The van der Waals surface area contributed by atoms with Crippen LogP contribution >= 0.6 is 0 Å². The highest BCUT2D eigenvalue weighted by Crippen LogP contribution is 2.41. The first kappa shape index (κ1) is 15.2. The Morgan fingerprint density at radius 2 is 1.00 bits per heavy atom. The van der Waals surface area contributed by atoms with E-state index in [9.17, 15) is 9.59 Å². The van der Waals surface area contributed by atoms with Crippen LogP contribution in [0.3, 0.4) is 0 Å². The number of amides is 2. The maximum Gasteiger partial charge on any atom is 0.263 e. The number of nitrogens with zero attached hydrogens (tertiary/aromatic N) is 2. The molecule has 0 bridgehead atoms. The van der Waals surface area contributed by atoms with E-state index in [-0.39, 0.29) is 11.8 Å². The van der Waals surface area contributed by atoms with Gasteiger partial charge in [-0.15, -0.1) is 0 Å². The highest BCUT2D eigenvalue weighted by Gasteiger charge is 2.38. The maximum atomic E-state index is 13.1. The van der Waals surface area contributed by atoms with Crippen LogP contribution in [0.4, 0.5) is 0 Å². The topological polar surface area (TPSA) is 40.6 Å². The third-order valence-corrected chi connectivity index (χ3v) is 5.55. The molecule has 6 rings (SSSR count). The Labute approximate surface area is 161 Å². The molecule has 0 atom stereocenters. The average molecular weight is 362 g/mol. The summed E-state index contributed by atoms with van der Waals surface area (Å²) in [5.74, 6) is -0.337. The fourth-order valence-corrected chi connectivity index (χ4v) is 4.17. The Bertz CT molecular complexity index is 1160. The summed E-state index contributed by atoms with van der Waals surface area (Å²) in [6, 6.07) is 15.9. The summed E-state index contributed by atoms with van der Waals surface area (Å²) in [4.78, 5) is 29.4. The zero-order valence-corrected chi connectivity index (χ0v) is 14.8. The lowest BCUT2D eigenvalue weighted by Gasteiger charge is -2.22. The minimum absolute atomic E-state index is 0.168. The highest BCUT2D eigenvalue weighted by atomic mass is 16.2. The number of fused-ring (bicyclic) bond motifs is 6. The molecule has 2 amide bonds. The monoisotopic (exact) mass is 362 g/mol. The Kier molecular flexibility index (Phi) is 2.87. The normalized spacial score (nSPS) is 21.3. The SMILES string of the molecule is O=C1C(=C2C=C3c4ccccc4C=CN3C2=O)C=C2c3ccccc3C=CN12. The van der Waals surface area contributed by atoms with Gasteiger partial charge < -0.3 is 0 Å².